The smallest absolute Gasteiger partial charge is 0.133 e. The van der Waals surface area contributed by atoms with Crippen LogP contribution in [-0.2, 0) is 9.53 Å². The second-order valence-corrected chi connectivity index (χ2v) is 5.53. The van der Waals surface area contributed by atoms with Crippen molar-refractivity contribution in [3.05, 3.63) is 0 Å². The highest BCUT2D eigenvalue weighted by atomic mass is 16.5. The average Bonchev–Trinajstić information content (AvgIpc) is 2.85. The Hall–Kier alpha value is -0.900. The molecule has 4 heteroatoms. The van der Waals surface area contributed by atoms with Gasteiger partial charge in [0.25, 0.3) is 0 Å². The van der Waals surface area contributed by atoms with Gasteiger partial charge >= 0.3 is 0 Å². The lowest BCUT2D eigenvalue weighted by Gasteiger charge is -2.23. The van der Waals surface area contributed by atoms with Crippen LogP contribution in [0, 0.1) is 5.41 Å². The second-order valence-electron chi connectivity index (χ2n) is 5.53. The van der Waals surface area contributed by atoms with E-state index in [2.05, 4.69) is 17.0 Å². The highest BCUT2D eigenvalue weighted by Crippen LogP contribution is 2.33. The molecule has 96 valence electrons. The molecule has 0 aromatic heterocycles. The molecule has 2 atom stereocenters. The van der Waals surface area contributed by atoms with Crippen LogP contribution in [0.5, 0.6) is 0 Å². The van der Waals surface area contributed by atoms with Crippen LogP contribution in [0.1, 0.15) is 39.0 Å². The highest BCUT2D eigenvalue weighted by molar-refractivity contribution is 5.87. The Bertz CT molecular complexity index is 317. The van der Waals surface area contributed by atoms with Gasteiger partial charge in [-0.15, -0.1) is 0 Å². The van der Waals surface area contributed by atoms with Crippen LogP contribution in [0.4, 0.5) is 0 Å². The molecule has 4 nitrogen and oxygen atoms in total. The minimum Gasteiger partial charge on any atom is -0.382 e. The van der Waals surface area contributed by atoms with E-state index in [9.17, 15) is 4.79 Å². The van der Waals surface area contributed by atoms with Gasteiger partial charge in [-0.1, -0.05) is 6.92 Å². The molecule has 0 radical (unpaired) electrons. The summed E-state index contributed by atoms with van der Waals surface area (Å²) in [5.41, 5.74) is -0.0166. The summed E-state index contributed by atoms with van der Waals surface area (Å²) in [7, 11) is 1.73. The van der Waals surface area contributed by atoms with Crippen LogP contribution in [0.2, 0.25) is 0 Å². The van der Waals surface area contributed by atoms with Crippen LogP contribution >= 0.6 is 0 Å². The molecular formula is C13H22N2O2. The lowest BCUT2D eigenvalue weighted by atomic mass is 9.91. The first-order valence-electron chi connectivity index (χ1n) is 6.45. The molecule has 1 aliphatic carbocycles. The molecule has 0 unspecified atom stereocenters. The van der Waals surface area contributed by atoms with Gasteiger partial charge in [-0.25, -0.2) is 0 Å². The summed E-state index contributed by atoms with van der Waals surface area (Å²) in [5.74, 6) is 0.369. The maximum Gasteiger partial charge on any atom is 0.133 e. The Morgan fingerprint density at radius 3 is 3.12 bits per heavy atom. The van der Waals surface area contributed by atoms with Gasteiger partial charge in [-0.3, -0.25) is 9.80 Å². The number of ether oxygens (including phenoxy) is 1. The van der Waals surface area contributed by atoms with E-state index in [0.29, 0.717) is 24.7 Å². The third-order valence-corrected chi connectivity index (χ3v) is 3.80. The quantitative estimate of drug-likeness (QED) is 0.702. The third kappa shape index (κ3) is 3.06. The van der Waals surface area contributed by atoms with Crippen molar-refractivity contribution in [2.24, 2.45) is 10.5 Å². The van der Waals surface area contributed by atoms with Gasteiger partial charge in [0, 0.05) is 38.1 Å². The number of carbonyl (C=O) groups excluding carboxylic acids is 1. The van der Waals surface area contributed by atoms with E-state index in [1.165, 1.54) is 6.42 Å². The molecule has 2 aliphatic rings. The molecule has 17 heavy (non-hydrogen) atoms. The standard InChI is InChI=1S/C13H22N2O2/c1-13(6-5-12(16)8-13)10-14-15-7-3-4-11(15)9-17-2/h10-11H,3-9H2,1-2H3/b14-10+/t11-,13+/m0/s1. The number of hydrogen-bond donors (Lipinski definition) is 0. The predicted octanol–water partition coefficient (Wildman–Crippen LogP) is 1.84. The van der Waals surface area contributed by atoms with E-state index in [0.717, 1.165) is 26.0 Å². The van der Waals surface area contributed by atoms with Gasteiger partial charge in [-0.05, 0) is 19.3 Å². The van der Waals surface area contributed by atoms with Gasteiger partial charge in [0.05, 0.1) is 12.6 Å². The number of nitrogens with zero attached hydrogens (tertiary/aromatic N) is 2. The molecule has 0 amide bonds. The van der Waals surface area contributed by atoms with Crippen molar-refractivity contribution in [3.8, 4) is 0 Å². The Morgan fingerprint density at radius 2 is 2.47 bits per heavy atom. The Kier molecular flexibility index (Phi) is 3.82. The molecule has 0 aromatic carbocycles. The third-order valence-electron chi connectivity index (χ3n) is 3.80. The molecule has 1 saturated carbocycles. The summed E-state index contributed by atoms with van der Waals surface area (Å²) in [6, 6.07) is 0.414. The lowest BCUT2D eigenvalue weighted by molar-refractivity contribution is -0.117. The summed E-state index contributed by atoms with van der Waals surface area (Å²) in [4.78, 5) is 11.3. The van der Waals surface area contributed by atoms with E-state index in [1.807, 2.05) is 6.21 Å². The fourth-order valence-corrected chi connectivity index (χ4v) is 2.71. The number of rotatable bonds is 4. The summed E-state index contributed by atoms with van der Waals surface area (Å²) >= 11 is 0. The number of ketones is 1. The van der Waals surface area contributed by atoms with Crippen molar-refractivity contribution < 1.29 is 9.53 Å². The van der Waals surface area contributed by atoms with Gasteiger partial charge < -0.3 is 4.74 Å². The topological polar surface area (TPSA) is 41.9 Å². The molecular weight excluding hydrogens is 216 g/mol. The Labute approximate surface area is 103 Å². The van der Waals surface area contributed by atoms with Crippen LogP contribution in [0.3, 0.4) is 0 Å². The van der Waals surface area contributed by atoms with Gasteiger partial charge in [-0.2, -0.15) is 5.10 Å². The van der Waals surface area contributed by atoms with E-state index in [-0.39, 0.29) is 5.41 Å². The predicted molar refractivity (Wildman–Crippen MR) is 67.1 cm³/mol. The van der Waals surface area contributed by atoms with Crippen molar-refractivity contribution >= 4 is 12.0 Å². The van der Waals surface area contributed by atoms with E-state index in [4.69, 9.17) is 4.74 Å². The SMILES string of the molecule is COC[C@@H]1CCCN1/N=C/[C@]1(C)CCC(=O)C1. The summed E-state index contributed by atoms with van der Waals surface area (Å²) in [6.07, 6.45) is 6.63. The van der Waals surface area contributed by atoms with Gasteiger partial charge in [0.2, 0.25) is 0 Å². The maximum absolute atomic E-state index is 11.3. The van der Waals surface area contributed by atoms with Crippen molar-refractivity contribution in [1.29, 1.82) is 0 Å². The molecule has 1 aliphatic heterocycles. The van der Waals surface area contributed by atoms with Gasteiger partial charge in [0.1, 0.15) is 5.78 Å². The second kappa shape index (κ2) is 5.17. The minimum absolute atomic E-state index is 0.0166. The molecule has 1 saturated heterocycles. The molecule has 2 fully saturated rings. The highest BCUT2D eigenvalue weighted by Gasteiger charge is 2.33. The Balaban J connectivity index is 1.93. The lowest BCUT2D eigenvalue weighted by Crippen LogP contribution is -2.29. The van der Waals surface area contributed by atoms with Crippen LogP contribution in [0.15, 0.2) is 5.10 Å². The first-order chi connectivity index (χ1) is 8.13. The van der Waals surface area contributed by atoms with Crippen molar-refractivity contribution in [1.82, 2.24) is 5.01 Å². The molecule has 0 spiro atoms. The summed E-state index contributed by atoms with van der Waals surface area (Å²) in [6.45, 7) is 3.88. The number of hydrogen-bond acceptors (Lipinski definition) is 4. The fourth-order valence-electron chi connectivity index (χ4n) is 2.71. The number of methoxy groups -OCH3 is 1. The molecule has 0 aromatic rings. The summed E-state index contributed by atoms with van der Waals surface area (Å²) < 4.78 is 5.20. The van der Waals surface area contributed by atoms with Crippen LogP contribution < -0.4 is 0 Å². The molecule has 0 N–H and O–H groups in total. The van der Waals surface area contributed by atoms with Gasteiger partial charge in [0.15, 0.2) is 0 Å². The zero-order chi connectivity index (χ0) is 12.3. The largest absolute Gasteiger partial charge is 0.382 e. The summed E-state index contributed by atoms with van der Waals surface area (Å²) in [5, 5.41) is 6.71. The average molecular weight is 238 g/mol. The Morgan fingerprint density at radius 1 is 1.65 bits per heavy atom. The molecule has 0 bridgehead atoms. The van der Waals surface area contributed by atoms with E-state index < -0.39 is 0 Å². The van der Waals surface area contributed by atoms with E-state index >= 15 is 0 Å². The molecule has 2 rings (SSSR count). The van der Waals surface area contributed by atoms with Crippen LogP contribution in [-0.4, -0.2) is 43.3 Å². The molecule has 1 heterocycles. The van der Waals surface area contributed by atoms with Crippen molar-refractivity contribution in [3.63, 3.8) is 0 Å². The van der Waals surface area contributed by atoms with Crippen LogP contribution in [0.25, 0.3) is 0 Å². The number of hydrazone groups is 1. The van der Waals surface area contributed by atoms with Crippen molar-refractivity contribution in [2.45, 2.75) is 45.1 Å². The minimum atomic E-state index is -0.0166. The zero-order valence-electron chi connectivity index (χ0n) is 10.8. The van der Waals surface area contributed by atoms with Crippen molar-refractivity contribution in [2.75, 3.05) is 20.3 Å². The zero-order valence-corrected chi connectivity index (χ0v) is 10.8. The number of Topliss-reactive ketones (excluding diaryl/α,β-unsaturated/α-hetero) is 1. The number of carbonyl (C=O) groups is 1. The first kappa shape index (κ1) is 12.6. The fraction of sp³-hybridized carbons (Fsp3) is 0.846. The van der Waals surface area contributed by atoms with E-state index in [1.54, 1.807) is 7.11 Å². The normalized spacial score (nSPS) is 34.1. The maximum atomic E-state index is 11.3. The monoisotopic (exact) mass is 238 g/mol. The first-order valence-corrected chi connectivity index (χ1v) is 6.45.